The summed E-state index contributed by atoms with van der Waals surface area (Å²) >= 11 is 5.52. The summed E-state index contributed by atoms with van der Waals surface area (Å²) in [5.41, 5.74) is 3.98. The van der Waals surface area contributed by atoms with Crippen LogP contribution in [0.1, 0.15) is 43.0 Å². The highest BCUT2D eigenvalue weighted by Crippen LogP contribution is 2.39. The lowest BCUT2D eigenvalue weighted by atomic mass is 9.89. The van der Waals surface area contributed by atoms with Crippen molar-refractivity contribution in [2.24, 2.45) is 0 Å². The Bertz CT molecular complexity index is 853. The van der Waals surface area contributed by atoms with Crippen molar-refractivity contribution in [1.29, 1.82) is 5.26 Å². The summed E-state index contributed by atoms with van der Waals surface area (Å²) in [5, 5.41) is 16.0. The van der Waals surface area contributed by atoms with Crippen molar-refractivity contribution in [3.8, 4) is 11.8 Å². The third kappa shape index (κ3) is 4.33. The van der Waals surface area contributed by atoms with Crippen LogP contribution in [0.25, 0.3) is 0 Å². The van der Waals surface area contributed by atoms with Crippen LogP contribution in [0.5, 0.6) is 5.75 Å². The molecule has 1 aliphatic heterocycles. The minimum atomic E-state index is -0.255. The molecule has 0 saturated heterocycles. The van der Waals surface area contributed by atoms with Crippen LogP contribution in [0.15, 0.2) is 42.5 Å². The third-order valence-electron chi connectivity index (χ3n) is 4.42. The Labute approximate surface area is 160 Å². The molecular weight excluding hydrogens is 342 g/mol. The van der Waals surface area contributed by atoms with E-state index in [0.717, 1.165) is 29.0 Å². The van der Waals surface area contributed by atoms with Crippen LogP contribution in [0.4, 0.5) is 5.69 Å². The van der Waals surface area contributed by atoms with Crippen LogP contribution in [0.3, 0.4) is 0 Å². The topological polar surface area (TPSA) is 57.1 Å². The number of fused-ring (bicyclic) bond motifs is 1. The molecule has 26 heavy (non-hydrogen) atoms. The Morgan fingerprint density at radius 1 is 1.27 bits per heavy atom. The normalized spacial score (nSPS) is 17.4. The first-order chi connectivity index (χ1) is 12.4. The number of nitrogens with zero attached hydrogens (tertiary/aromatic N) is 1. The van der Waals surface area contributed by atoms with Crippen LogP contribution in [0, 0.1) is 18.3 Å². The first-order valence-electron chi connectivity index (χ1n) is 8.69. The minimum Gasteiger partial charge on any atom is -0.487 e. The second kappa shape index (κ2) is 7.35. The van der Waals surface area contributed by atoms with Gasteiger partial charge in [-0.25, -0.2) is 0 Å². The molecule has 134 valence electrons. The van der Waals surface area contributed by atoms with Crippen molar-refractivity contribution in [3.63, 3.8) is 0 Å². The quantitative estimate of drug-likeness (QED) is 0.776. The maximum atomic E-state index is 8.75. The second-order valence-corrected chi connectivity index (χ2v) is 7.70. The van der Waals surface area contributed by atoms with Gasteiger partial charge in [-0.1, -0.05) is 29.8 Å². The van der Waals surface area contributed by atoms with E-state index in [1.165, 1.54) is 5.56 Å². The van der Waals surface area contributed by atoms with Crippen molar-refractivity contribution in [3.05, 3.63) is 59.2 Å². The van der Waals surface area contributed by atoms with E-state index in [2.05, 4.69) is 49.6 Å². The van der Waals surface area contributed by atoms with Gasteiger partial charge in [-0.15, -0.1) is 0 Å². The lowest BCUT2D eigenvalue weighted by Gasteiger charge is -2.38. The van der Waals surface area contributed by atoms with Crippen LogP contribution < -0.4 is 15.4 Å². The van der Waals surface area contributed by atoms with E-state index < -0.39 is 0 Å². The summed E-state index contributed by atoms with van der Waals surface area (Å²) in [6, 6.07) is 16.2. The molecule has 0 aromatic heterocycles. The number of anilines is 1. The van der Waals surface area contributed by atoms with Gasteiger partial charge in [-0.3, -0.25) is 0 Å². The fourth-order valence-electron chi connectivity index (χ4n) is 3.23. The number of ether oxygens (including phenoxy) is 1. The zero-order valence-corrected chi connectivity index (χ0v) is 16.1. The van der Waals surface area contributed by atoms with E-state index in [9.17, 15) is 0 Å². The predicted octanol–water partition coefficient (Wildman–Crippen LogP) is 4.65. The third-order valence-corrected chi connectivity index (χ3v) is 4.64. The monoisotopic (exact) mass is 365 g/mol. The average molecular weight is 366 g/mol. The Morgan fingerprint density at radius 2 is 2.00 bits per heavy atom. The fraction of sp³-hybridized carbons (Fsp3) is 0.333. The number of thiocarbonyl (C=S) groups is 1. The number of hydrogen-bond acceptors (Lipinski definition) is 3. The maximum Gasteiger partial charge on any atom is 0.171 e. The van der Waals surface area contributed by atoms with Gasteiger partial charge in [0.1, 0.15) is 11.4 Å². The Balaban J connectivity index is 1.72. The lowest BCUT2D eigenvalue weighted by Crippen LogP contribution is -2.42. The fourth-order valence-corrected chi connectivity index (χ4v) is 3.49. The van der Waals surface area contributed by atoms with E-state index in [-0.39, 0.29) is 11.6 Å². The SMILES string of the molecule is Cc1ccc2c(c1)C(NC(=S)Nc1ccc(CC#N)cc1)CC(C)(C)O2. The summed E-state index contributed by atoms with van der Waals surface area (Å²) in [5.74, 6) is 0.910. The summed E-state index contributed by atoms with van der Waals surface area (Å²) in [4.78, 5) is 0. The number of hydrogen-bond donors (Lipinski definition) is 2. The van der Waals surface area contributed by atoms with E-state index in [1.54, 1.807) is 0 Å². The smallest absolute Gasteiger partial charge is 0.171 e. The van der Waals surface area contributed by atoms with Gasteiger partial charge < -0.3 is 15.4 Å². The van der Waals surface area contributed by atoms with Gasteiger partial charge >= 0.3 is 0 Å². The van der Waals surface area contributed by atoms with Gasteiger partial charge in [-0.2, -0.15) is 5.26 Å². The summed E-state index contributed by atoms with van der Waals surface area (Å²) in [6.07, 6.45) is 1.24. The zero-order chi connectivity index (χ0) is 18.7. The molecule has 2 N–H and O–H groups in total. The molecule has 1 unspecified atom stereocenters. The summed E-state index contributed by atoms with van der Waals surface area (Å²) in [6.45, 7) is 6.26. The number of aryl methyl sites for hydroxylation is 1. The van der Waals surface area contributed by atoms with Crippen molar-refractivity contribution >= 4 is 23.0 Å². The number of rotatable bonds is 3. The molecule has 2 aromatic rings. The Hall–Kier alpha value is -2.58. The number of nitrogens with one attached hydrogen (secondary N) is 2. The summed E-state index contributed by atoms with van der Waals surface area (Å²) in [7, 11) is 0. The first-order valence-corrected chi connectivity index (χ1v) is 9.10. The summed E-state index contributed by atoms with van der Waals surface area (Å²) < 4.78 is 6.11. The van der Waals surface area contributed by atoms with E-state index >= 15 is 0 Å². The average Bonchev–Trinajstić information content (AvgIpc) is 2.57. The molecule has 0 spiro atoms. The van der Waals surface area contributed by atoms with Crippen molar-refractivity contribution in [2.75, 3.05) is 5.32 Å². The lowest BCUT2D eigenvalue weighted by molar-refractivity contribution is 0.0696. The highest BCUT2D eigenvalue weighted by Gasteiger charge is 2.34. The number of nitriles is 1. The molecule has 0 amide bonds. The van der Waals surface area contributed by atoms with Crippen molar-refractivity contribution in [1.82, 2.24) is 5.32 Å². The van der Waals surface area contributed by atoms with E-state index in [0.29, 0.717) is 11.5 Å². The van der Waals surface area contributed by atoms with Crippen LogP contribution in [-0.4, -0.2) is 10.7 Å². The molecule has 4 nitrogen and oxygen atoms in total. The Morgan fingerprint density at radius 3 is 2.69 bits per heavy atom. The molecule has 0 saturated carbocycles. The van der Waals surface area contributed by atoms with Crippen LogP contribution >= 0.6 is 12.2 Å². The maximum absolute atomic E-state index is 8.75. The molecule has 2 aromatic carbocycles. The van der Waals surface area contributed by atoms with Gasteiger partial charge in [-0.05, 0) is 56.8 Å². The molecule has 5 heteroatoms. The van der Waals surface area contributed by atoms with Crippen molar-refractivity contribution in [2.45, 2.75) is 45.3 Å². The van der Waals surface area contributed by atoms with Gasteiger partial charge in [0.25, 0.3) is 0 Å². The van der Waals surface area contributed by atoms with Gasteiger partial charge in [0.2, 0.25) is 0 Å². The van der Waals surface area contributed by atoms with Crippen LogP contribution in [0.2, 0.25) is 0 Å². The highest BCUT2D eigenvalue weighted by molar-refractivity contribution is 7.80. The van der Waals surface area contributed by atoms with Crippen LogP contribution in [-0.2, 0) is 6.42 Å². The van der Waals surface area contributed by atoms with Gasteiger partial charge in [0.15, 0.2) is 5.11 Å². The molecule has 0 fully saturated rings. The zero-order valence-electron chi connectivity index (χ0n) is 15.3. The van der Waals surface area contributed by atoms with Gasteiger partial charge in [0.05, 0.1) is 18.5 Å². The molecular formula is C21H23N3OS. The predicted molar refractivity (Wildman–Crippen MR) is 108 cm³/mol. The van der Waals surface area contributed by atoms with Gasteiger partial charge in [0, 0.05) is 17.7 Å². The molecule has 1 heterocycles. The Kier molecular flexibility index (Phi) is 5.15. The molecule has 0 radical (unpaired) electrons. The molecule has 1 aliphatic rings. The first kappa shape index (κ1) is 18.2. The van der Waals surface area contributed by atoms with E-state index in [4.69, 9.17) is 22.2 Å². The second-order valence-electron chi connectivity index (χ2n) is 7.29. The molecule has 3 rings (SSSR count). The highest BCUT2D eigenvalue weighted by atomic mass is 32.1. The largest absolute Gasteiger partial charge is 0.487 e. The molecule has 0 aliphatic carbocycles. The minimum absolute atomic E-state index is 0.0894. The number of benzene rings is 2. The van der Waals surface area contributed by atoms with E-state index in [1.807, 2.05) is 30.3 Å². The molecule has 1 atom stereocenters. The molecule has 0 bridgehead atoms. The standard InChI is InChI=1S/C21H23N3OS/c1-14-4-9-19-17(12-14)18(13-21(2,3)25-19)24-20(26)23-16-7-5-15(6-8-16)10-11-22/h4-9,12,18H,10,13H2,1-3H3,(H2,23,24,26). The van der Waals surface area contributed by atoms with Crippen molar-refractivity contribution < 1.29 is 4.74 Å².